The summed E-state index contributed by atoms with van der Waals surface area (Å²) in [5, 5.41) is 5.84. The summed E-state index contributed by atoms with van der Waals surface area (Å²) in [6.45, 7) is 6.67. The van der Waals surface area contributed by atoms with E-state index in [1.54, 1.807) is 0 Å². The van der Waals surface area contributed by atoms with Gasteiger partial charge in [0.05, 0.1) is 0 Å². The van der Waals surface area contributed by atoms with Crippen LogP contribution in [0, 0.1) is 6.92 Å². The van der Waals surface area contributed by atoms with E-state index in [0.29, 0.717) is 12.6 Å². The van der Waals surface area contributed by atoms with E-state index in [1.165, 1.54) is 11.3 Å². The number of aryl methyl sites for hydroxylation is 1. The molecule has 0 aliphatic heterocycles. The zero-order valence-corrected chi connectivity index (χ0v) is 11.8. The van der Waals surface area contributed by atoms with E-state index in [4.69, 9.17) is 0 Å². The van der Waals surface area contributed by atoms with Gasteiger partial charge in [0.1, 0.15) is 0 Å². The van der Waals surface area contributed by atoms with Crippen molar-refractivity contribution < 1.29 is 4.79 Å². The highest BCUT2D eigenvalue weighted by Crippen LogP contribution is 2.18. The predicted molar refractivity (Wildman–Crippen MR) is 78.6 cm³/mol. The Kier molecular flexibility index (Phi) is 4.66. The molecule has 104 valence electrons. The zero-order valence-electron chi connectivity index (χ0n) is 11.8. The molecule has 2 amide bonds. The van der Waals surface area contributed by atoms with Gasteiger partial charge in [-0.1, -0.05) is 12.1 Å². The van der Waals surface area contributed by atoms with Crippen LogP contribution in [0.2, 0.25) is 0 Å². The van der Waals surface area contributed by atoms with Gasteiger partial charge in [0.15, 0.2) is 0 Å². The second-order valence-corrected chi connectivity index (χ2v) is 5.09. The molecule has 0 heterocycles. The van der Waals surface area contributed by atoms with Gasteiger partial charge in [0, 0.05) is 31.4 Å². The number of benzene rings is 1. The standard InChI is InChI=1S/C15H23N3O/c1-3-18(14-6-4-5-12(2)11-14)10-9-16-15(19)17-13-7-8-13/h4-6,11,13H,3,7-10H2,1-2H3,(H2,16,17,19). The number of amides is 2. The van der Waals surface area contributed by atoms with E-state index in [9.17, 15) is 4.79 Å². The van der Waals surface area contributed by atoms with Crippen LogP contribution in [-0.4, -0.2) is 31.7 Å². The number of nitrogens with one attached hydrogen (secondary N) is 2. The van der Waals surface area contributed by atoms with Crippen molar-refractivity contribution in [2.75, 3.05) is 24.5 Å². The summed E-state index contributed by atoms with van der Waals surface area (Å²) >= 11 is 0. The second-order valence-electron chi connectivity index (χ2n) is 5.09. The zero-order chi connectivity index (χ0) is 13.7. The number of nitrogens with zero attached hydrogens (tertiary/aromatic N) is 1. The molecular weight excluding hydrogens is 238 g/mol. The van der Waals surface area contributed by atoms with Gasteiger partial charge in [-0.15, -0.1) is 0 Å². The lowest BCUT2D eigenvalue weighted by molar-refractivity contribution is 0.240. The Hall–Kier alpha value is -1.71. The molecule has 0 saturated heterocycles. The number of carbonyl (C=O) groups excluding carboxylic acids is 1. The summed E-state index contributed by atoms with van der Waals surface area (Å²) in [6, 6.07) is 8.83. The van der Waals surface area contributed by atoms with Gasteiger partial charge in [-0.25, -0.2) is 4.79 Å². The molecule has 0 atom stereocenters. The van der Waals surface area contributed by atoms with Crippen molar-refractivity contribution in [1.29, 1.82) is 0 Å². The number of carbonyl (C=O) groups is 1. The van der Waals surface area contributed by atoms with Gasteiger partial charge in [0.25, 0.3) is 0 Å². The fourth-order valence-corrected chi connectivity index (χ4v) is 2.06. The molecule has 0 bridgehead atoms. The van der Waals surface area contributed by atoms with Crippen LogP contribution in [0.1, 0.15) is 25.3 Å². The van der Waals surface area contributed by atoms with Crippen molar-refractivity contribution in [3.8, 4) is 0 Å². The van der Waals surface area contributed by atoms with Crippen molar-refractivity contribution in [1.82, 2.24) is 10.6 Å². The first-order valence-electron chi connectivity index (χ1n) is 7.05. The molecule has 0 aromatic heterocycles. The Balaban J connectivity index is 1.77. The number of rotatable bonds is 6. The maximum atomic E-state index is 11.5. The summed E-state index contributed by atoms with van der Waals surface area (Å²) in [6.07, 6.45) is 2.25. The van der Waals surface area contributed by atoms with Crippen LogP contribution in [-0.2, 0) is 0 Å². The predicted octanol–water partition coefficient (Wildman–Crippen LogP) is 2.28. The first kappa shape index (κ1) is 13.7. The highest BCUT2D eigenvalue weighted by Gasteiger charge is 2.22. The minimum absolute atomic E-state index is 0.0391. The van der Waals surface area contributed by atoms with E-state index in [1.807, 2.05) is 0 Å². The molecule has 1 aromatic carbocycles. The Bertz CT molecular complexity index is 429. The van der Waals surface area contributed by atoms with Crippen LogP contribution in [0.3, 0.4) is 0 Å². The molecule has 0 unspecified atom stereocenters. The van der Waals surface area contributed by atoms with Gasteiger partial charge < -0.3 is 15.5 Å². The van der Waals surface area contributed by atoms with E-state index < -0.39 is 0 Å². The molecule has 0 spiro atoms. The second kappa shape index (κ2) is 6.45. The van der Waals surface area contributed by atoms with Gasteiger partial charge >= 0.3 is 6.03 Å². The summed E-state index contributed by atoms with van der Waals surface area (Å²) in [5.41, 5.74) is 2.47. The molecule has 19 heavy (non-hydrogen) atoms. The summed E-state index contributed by atoms with van der Waals surface area (Å²) in [4.78, 5) is 13.8. The van der Waals surface area contributed by atoms with Crippen LogP contribution in [0.15, 0.2) is 24.3 Å². The minimum Gasteiger partial charge on any atom is -0.370 e. The summed E-state index contributed by atoms with van der Waals surface area (Å²) < 4.78 is 0. The number of hydrogen-bond donors (Lipinski definition) is 2. The normalized spacial score (nSPS) is 14.0. The maximum Gasteiger partial charge on any atom is 0.315 e. The summed E-state index contributed by atoms with van der Waals surface area (Å²) in [5.74, 6) is 0. The number of likely N-dealkylation sites (N-methyl/N-ethyl adjacent to an activating group) is 1. The first-order valence-corrected chi connectivity index (χ1v) is 7.05. The molecule has 1 aromatic rings. The fraction of sp³-hybridized carbons (Fsp3) is 0.533. The minimum atomic E-state index is -0.0391. The van der Waals surface area contributed by atoms with Crippen molar-refractivity contribution in [3.63, 3.8) is 0 Å². The maximum absolute atomic E-state index is 11.5. The van der Waals surface area contributed by atoms with Gasteiger partial charge in [-0.2, -0.15) is 0 Å². The van der Waals surface area contributed by atoms with Gasteiger partial charge in [0.2, 0.25) is 0 Å². The molecule has 1 aliphatic carbocycles. The van der Waals surface area contributed by atoms with Crippen LogP contribution in [0.5, 0.6) is 0 Å². The average molecular weight is 261 g/mol. The number of hydrogen-bond acceptors (Lipinski definition) is 2. The van der Waals surface area contributed by atoms with E-state index in [2.05, 4.69) is 53.6 Å². The molecule has 1 aliphatic rings. The summed E-state index contributed by atoms with van der Waals surface area (Å²) in [7, 11) is 0. The van der Waals surface area contributed by atoms with Crippen LogP contribution in [0.25, 0.3) is 0 Å². The molecule has 4 nitrogen and oxygen atoms in total. The van der Waals surface area contributed by atoms with Crippen molar-refractivity contribution in [2.45, 2.75) is 32.7 Å². The Morgan fingerprint density at radius 1 is 1.42 bits per heavy atom. The van der Waals surface area contributed by atoms with Crippen molar-refractivity contribution in [3.05, 3.63) is 29.8 Å². The molecule has 2 rings (SSSR count). The third-order valence-electron chi connectivity index (χ3n) is 3.33. The average Bonchev–Trinajstić information content (AvgIpc) is 3.18. The number of urea groups is 1. The molecule has 4 heteroatoms. The molecule has 1 saturated carbocycles. The van der Waals surface area contributed by atoms with Gasteiger partial charge in [-0.3, -0.25) is 0 Å². The largest absolute Gasteiger partial charge is 0.370 e. The monoisotopic (exact) mass is 261 g/mol. The van der Waals surface area contributed by atoms with E-state index >= 15 is 0 Å². The third kappa shape index (κ3) is 4.47. The van der Waals surface area contributed by atoms with Crippen molar-refractivity contribution in [2.24, 2.45) is 0 Å². The molecule has 0 radical (unpaired) electrons. The topological polar surface area (TPSA) is 44.4 Å². The van der Waals surface area contributed by atoms with E-state index in [-0.39, 0.29) is 6.03 Å². The van der Waals surface area contributed by atoms with Crippen LogP contribution >= 0.6 is 0 Å². The first-order chi connectivity index (χ1) is 9.19. The third-order valence-corrected chi connectivity index (χ3v) is 3.33. The lowest BCUT2D eigenvalue weighted by Crippen LogP contribution is -2.41. The lowest BCUT2D eigenvalue weighted by atomic mass is 10.2. The van der Waals surface area contributed by atoms with Crippen LogP contribution in [0.4, 0.5) is 10.5 Å². The van der Waals surface area contributed by atoms with E-state index in [0.717, 1.165) is 25.9 Å². The Morgan fingerprint density at radius 3 is 2.84 bits per heavy atom. The highest BCUT2D eigenvalue weighted by atomic mass is 16.2. The lowest BCUT2D eigenvalue weighted by Gasteiger charge is -2.23. The smallest absolute Gasteiger partial charge is 0.315 e. The molecule has 2 N–H and O–H groups in total. The van der Waals surface area contributed by atoms with Crippen molar-refractivity contribution >= 4 is 11.7 Å². The van der Waals surface area contributed by atoms with Gasteiger partial charge in [-0.05, 0) is 44.4 Å². The Morgan fingerprint density at radius 2 is 2.21 bits per heavy atom. The highest BCUT2D eigenvalue weighted by molar-refractivity contribution is 5.74. The number of anilines is 1. The Labute approximate surface area is 115 Å². The van der Waals surface area contributed by atoms with Crippen LogP contribution < -0.4 is 15.5 Å². The molecular formula is C15H23N3O. The molecule has 1 fully saturated rings. The SMILES string of the molecule is CCN(CCNC(=O)NC1CC1)c1cccc(C)c1. The quantitative estimate of drug-likeness (QED) is 0.825. The fourth-order valence-electron chi connectivity index (χ4n) is 2.06.